The van der Waals surface area contributed by atoms with E-state index in [-0.39, 0.29) is 12.0 Å². The second kappa shape index (κ2) is 6.62. The molecule has 5 heteroatoms. The minimum Gasteiger partial charge on any atom is -0.313 e. The Labute approximate surface area is 130 Å². The van der Waals surface area contributed by atoms with Gasteiger partial charge in [-0.15, -0.1) is 0 Å². The summed E-state index contributed by atoms with van der Waals surface area (Å²) in [5.41, 5.74) is 0.697. The first kappa shape index (κ1) is 16.0. The van der Waals surface area contributed by atoms with Crippen molar-refractivity contribution in [1.29, 1.82) is 0 Å². The summed E-state index contributed by atoms with van der Waals surface area (Å²) < 4.78 is 42.7. The summed E-state index contributed by atoms with van der Waals surface area (Å²) in [5.74, 6) is -1.62. The molecule has 0 aliphatic rings. The third kappa shape index (κ3) is 3.47. The predicted octanol–water partition coefficient (Wildman–Crippen LogP) is 4.68. The minimum absolute atomic E-state index is 0.0584. The van der Waals surface area contributed by atoms with Crippen LogP contribution in [-0.2, 0) is 6.42 Å². The molecule has 1 nitrogen and oxygen atoms in total. The van der Waals surface area contributed by atoms with Crippen LogP contribution in [-0.4, -0.2) is 7.05 Å². The van der Waals surface area contributed by atoms with Crippen LogP contribution in [0.4, 0.5) is 13.2 Å². The molecular weight excluding hydrogens is 343 g/mol. The lowest BCUT2D eigenvalue weighted by atomic mass is 9.96. The molecule has 21 heavy (non-hydrogen) atoms. The van der Waals surface area contributed by atoms with Gasteiger partial charge in [-0.2, -0.15) is 0 Å². The fourth-order valence-corrected chi connectivity index (χ4v) is 2.67. The Hall–Kier alpha value is -1.33. The van der Waals surface area contributed by atoms with Gasteiger partial charge in [0.15, 0.2) is 0 Å². The highest BCUT2D eigenvalue weighted by molar-refractivity contribution is 9.10. The minimum atomic E-state index is -0.645. The van der Waals surface area contributed by atoms with Crippen molar-refractivity contribution < 1.29 is 13.2 Å². The van der Waals surface area contributed by atoms with Crippen LogP contribution in [0.3, 0.4) is 0 Å². The van der Waals surface area contributed by atoms with Crippen molar-refractivity contribution in [2.45, 2.75) is 19.4 Å². The largest absolute Gasteiger partial charge is 0.313 e. The number of likely N-dealkylation sites (N-methyl/N-ethyl adjacent to an activating group) is 1. The van der Waals surface area contributed by atoms with Gasteiger partial charge < -0.3 is 5.32 Å². The van der Waals surface area contributed by atoms with E-state index in [4.69, 9.17) is 0 Å². The van der Waals surface area contributed by atoms with Crippen molar-refractivity contribution in [2.75, 3.05) is 7.05 Å². The molecule has 112 valence electrons. The first-order valence-corrected chi connectivity index (χ1v) is 7.29. The lowest BCUT2D eigenvalue weighted by Gasteiger charge is -2.19. The Bertz CT molecular complexity index is 658. The molecule has 1 atom stereocenters. The molecule has 0 amide bonds. The average Bonchev–Trinajstić information content (AvgIpc) is 2.45. The van der Waals surface area contributed by atoms with Crippen LogP contribution in [0, 0.1) is 24.4 Å². The van der Waals surface area contributed by atoms with Gasteiger partial charge in [0.1, 0.15) is 17.5 Å². The molecule has 1 unspecified atom stereocenters. The smallest absolute Gasteiger partial charge is 0.133 e. The molecule has 2 rings (SSSR count). The van der Waals surface area contributed by atoms with E-state index in [1.807, 2.05) is 0 Å². The fourth-order valence-electron chi connectivity index (χ4n) is 2.27. The van der Waals surface area contributed by atoms with Crippen LogP contribution in [0.1, 0.15) is 22.7 Å². The molecule has 0 spiro atoms. The third-order valence-corrected chi connectivity index (χ3v) is 3.94. The standard InChI is InChI=1S/C16H15BrF3N/c1-9-3-5-13(19)15(16(9)20)14(21-2)8-10-7-11(17)4-6-12(10)18/h3-7,14,21H,8H2,1-2H3. The highest BCUT2D eigenvalue weighted by Crippen LogP contribution is 2.27. The number of benzene rings is 2. The number of hydrogen-bond acceptors (Lipinski definition) is 1. The zero-order valence-electron chi connectivity index (χ0n) is 11.7. The zero-order chi connectivity index (χ0) is 15.6. The topological polar surface area (TPSA) is 12.0 Å². The number of rotatable bonds is 4. The fraction of sp³-hybridized carbons (Fsp3) is 0.250. The van der Waals surface area contributed by atoms with Gasteiger partial charge in [-0.25, -0.2) is 13.2 Å². The van der Waals surface area contributed by atoms with E-state index in [0.717, 1.165) is 4.47 Å². The van der Waals surface area contributed by atoms with E-state index in [9.17, 15) is 13.2 Å². The molecule has 0 heterocycles. The number of aryl methyl sites for hydroxylation is 1. The molecule has 0 aliphatic carbocycles. The highest BCUT2D eigenvalue weighted by atomic mass is 79.9. The van der Waals surface area contributed by atoms with Crippen molar-refractivity contribution in [3.8, 4) is 0 Å². The van der Waals surface area contributed by atoms with E-state index in [1.165, 1.54) is 18.2 Å². The molecule has 0 aliphatic heterocycles. The third-order valence-electron chi connectivity index (χ3n) is 3.45. The summed E-state index contributed by atoms with van der Waals surface area (Å²) in [7, 11) is 1.60. The van der Waals surface area contributed by atoms with Crippen LogP contribution in [0.25, 0.3) is 0 Å². The van der Waals surface area contributed by atoms with Crippen LogP contribution in [0.2, 0.25) is 0 Å². The first-order chi connectivity index (χ1) is 9.93. The molecule has 0 fully saturated rings. The second-order valence-corrected chi connectivity index (χ2v) is 5.79. The van der Waals surface area contributed by atoms with Gasteiger partial charge in [0.2, 0.25) is 0 Å². The molecule has 0 saturated heterocycles. The van der Waals surface area contributed by atoms with Gasteiger partial charge in [0, 0.05) is 16.1 Å². The molecule has 2 aromatic rings. The number of hydrogen-bond donors (Lipinski definition) is 1. The van der Waals surface area contributed by atoms with Crippen molar-refractivity contribution >= 4 is 15.9 Å². The Morgan fingerprint density at radius 1 is 1.10 bits per heavy atom. The summed E-state index contributed by atoms with van der Waals surface area (Å²) in [6.45, 7) is 1.57. The second-order valence-electron chi connectivity index (χ2n) is 4.87. The van der Waals surface area contributed by atoms with E-state index in [0.29, 0.717) is 11.1 Å². The average molecular weight is 358 g/mol. The molecule has 0 radical (unpaired) electrons. The van der Waals surface area contributed by atoms with Gasteiger partial charge in [-0.1, -0.05) is 22.0 Å². The van der Waals surface area contributed by atoms with E-state index in [1.54, 1.807) is 26.1 Å². The van der Waals surface area contributed by atoms with Crippen molar-refractivity contribution in [2.24, 2.45) is 0 Å². The van der Waals surface area contributed by atoms with Gasteiger partial charge in [-0.3, -0.25) is 0 Å². The summed E-state index contributed by atoms with van der Waals surface area (Å²) in [6, 6.07) is 6.51. The van der Waals surface area contributed by atoms with Crippen LogP contribution in [0.15, 0.2) is 34.8 Å². The van der Waals surface area contributed by atoms with Crippen molar-refractivity contribution in [3.05, 3.63) is 68.9 Å². The molecule has 0 aromatic heterocycles. The zero-order valence-corrected chi connectivity index (χ0v) is 13.3. The molecule has 0 bridgehead atoms. The predicted molar refractivity (Wildman–Crippen MR) is 80.7 cm³/mol. The maximum atomic E-state index is 14.2. The first-order valence-electron chi connectivity index (χ1n) is 6.49. The summed E-state index contributed by atoms with van der Waals surface area (Å²) in [6.07, 6.45) is 0.152. The van der Waals surface area contributed by atoms with Gasteiger partial charge in [-0.05, 0) is 55.8 Å². The van der Waals surface area contributed by atoms with E-state index in [2.05, 4.69) is 21.2 Å². The maximum Gasteiger partial charge on any atom is 0.133 e. The monoisotopic (exact) mass is 357 g/mol. The van der Waals surface area contributed by atoms with E-state index < -0.39 is 23.5 Å². The number of nitrogens with one attached hydrogen (secondary N) is 1. The lowest BCUT2D eigenvalue weighted by Crippen LogP contribution is -2.22. The summed E-state index contributed by atoms with van der Waals surface area (Å²) in [4.78, 5) is 0. The van der Waals surface area contributed by atoms with Gasteiger partial charge >= 0.3 is 0 Å². The van der Waals surface area contributed by atoms with Crippen LogP contribution >= 0.6 is 15.9 Å². The maximum absolute atomic E-state index is 14.2. The van der Waals surface area contributed by atoms with Crippen LogP contribution < -0.4 is 5.32 Å². The number of halogens is 4. The quantitative estimate of drug-likeness (QED) is 0.837. The molecule has 2 aromatic carbocycles. The highest BCUT2D eigenvalue weighted by Gasteiger charge is 2.21. The lowest BCUT2D eigenvalue weighted by molar-refractivity contribution is 0.479. The van der Waals surface area contributed by atoms with E-state index >= 15 is 0 Å². The summed E-state index contributed by atoms with van der Waals surface area (Å²) >= 11 is 3.27. The Morgan fingerprint density at radius 2 is 1.76 bits per heavy atom. The Kier molecular flexibility index (Phi) is 5.06. The molecule has 0 saturated carbocycles. The van der Waals surface area contributed by atoms with Crippen molar-refractivity contribution in [3.63, 3.8) is 0 Å². The van der Waals surface area contributed by atoms with Gasteiger partial charge in [0.05, 0.1) is 0 Å². The molecule has 1 N–H and O–H groups in total. The Balaban J connectivity index is 2.41. The van der Waals surface area contributed by atoms with Crippen molar-refractivity contribution in [1.82, 2.24) is 5.32 Å². The molecular formula is C16H15BrF3N. The summed E-state index contributed by atoms with van der Waals surface area (Å²) in [5, 5.41) is 2.86. The SMILES string of the molecule is CNC(Cc1cc(Br)ccc1F)c1c(F)ccc(C)c1F. The van der Waals surface area contributed by atoms with Crippen LogP contribution in [0.5, 0.6) is 0 Å². The Morgan fingerprint density at radius 3 is 2.43 bits per heavy atom. The normalized spacial score (nSPS) is 12.5. The van der Waals surface area contributed by atoms with Gasteiger partial charge in [0.25, 0.3) is 0 Å².